The summed E-state index contributed by atoms with van der Waals surface area (Å²) in [5.41, 5.74) is -0.0566. The molecule has 7 nitrogen and oxygen atoms in total. The number of ether oxygens (including phenoxy) is 1. The van der Waals surface area contributed by atoms with Crippen LogP contribution in [0.5, 0.6) is 6.01 Å². The van der Waals surface area contributed by atoms with E-state index in [2.05, 4.69) is 15.3 Å². The van der Waals surface area contributed by atoms with Crippen molar-refractivity contribution in [2.24, 2.45) is 0 Å². The van der Waals surface area contributed by atoms with Gasteiger partial charge in [-0.2, -0.15) is 9.97 Å². The van der Waals surface area contributed by atoms with Gasteiger partial charge in [0.2, 0.25) is 0 Å². The molecule has 1 aliphatic carbocycles. The number of rotatable bonds is 7. The molecule has 0 spiro atoms. The molecular formula is C14H22N4O3. The summed E-state index contributed by atoms with van der Waals surface area (Å²) >= 11 is 0. The van der Waals surface area contributed by atoms with E-state index >= 15 is 0 Å². The van der Waals surface area contributed by atoms with E-state index in [1.807, 2.05) is 25.9 Å². The van der Waals surface area contributed by atoms with Crippen molar-refractivity contribution in [2.45, 2.75) is 38.3 Å². The van der Waals surface area contributed by atoms with Gasteiger partial charge in [0.25, 0.3) is 0 Å². The zero-order valence-corrected chi connectivity index (χ0v) is 12.7. The van der Waals surface area contributed by atoms with Crippen LogP contribution in [0, 0.1) is 0 Å². The van der Waals surface area contributed by atoms with E-state index in [1.165, 1.54) is 12.5 Å². The summed E-state index contributed by atoms with van der Waals surface area (Å²) < 4.78 is 5.62. The Balaban J connectivity index is 2.12. The molecule has 1 saturated carbocycles. The average Bonchev–Trinajstić information content (AvgIpc) is 2.32. The predicted molar refractivity (Wildman–Crippen MR) is 78.9 cm³/mol. The Bertz CT molecular complexity index is 503. The van der Waals surface area contributed by atoms with Gasteiger partial charge in [0.05, 0.1) is 0 Å². The highest BCUT2D eigenvalue weighted by molar-refractivity contribution is 5.86. The third-order valence-electron chi connectivity index (χ3n) is 3.31. The van der Waals surface area contributed by atoms with Crippen molar-refractivity contribution in [3.8, 4) is 6.01 Å². The quantitative estimate of drug-likeness (QED) is 0.787. The molecule has 0 aliphatic heterocycles. The van der Waals surface area contributed by atoms with Crippen molar-refractivity contribution in [1.29, 1.82) is 0 Å². The largest absolute Gasteiger partial charge is 0.477 e. The number of nitrogens with one attached hydrogen (secondary N) is 1. The number of likely N-dealkylation sites (N-methyl/N-ethyl adjacent to an activating group) is 1. The Morgan fingerprint density at radius 1 is 1.52 bits per heavy atom. The highest BCUT2D eigenvalue weighted by Crippen LogP contribution is 2.23. The van der Waals surface area contributed by atoms with Gasteiger partial charge in [0, 0.05) is 18.7 Å². The lowest BCUT2D eigenvalue weighted by Gasteiger charge is -2.27. The van der Waals surface area contributed by atoms with E-state index in [-0.39, 0.29) is 17.8 Å². The van der Waals surface area contributed by atoms with Gasteiger partial charge in [0.15, 0.2) is 5.69 Å². The monoisotopic (exact) mass is 294 g/mol. The zero-order chi connectivity index (χ0) is 15.4. The van der Waals surface area contributed by atoms with E-state index in [0.29, 0.717) is 18.4 Å². The van der Waals surface area contributed by atoms with E-state index in [4.69, 9.17) is 9.84 Å². The van der Waals surface area contributed by atoms with Crippen molar-refractivity contribution in [2.75, 3.05) is 26.0 Å². The summed E-state index contributed by atoms with van der Waals surface area (Å²) in [6.45, 7) is 2.60. The maximum atomic E-state index is 11.2. The van der Waals surface area contributed by atoms with Crippen LogP contribution >= 0.6 is 0 Å². The maximum Gasteiger partial charge on any atom is 0.354 e. The molecule has 1 fully saturated rings. The molecule has 2 N–H and O–H groups in total. The van der Waals surface area contributed by atoms with Crippen LogP contribution in [0.2, 0.25) is 0 Å². The molecule has 0 aromatic carbocycles. The molecule has 1 aromatic rings. The minimum atomic E-state index is -1.08. The molecule has 1 aliphatic rings. The highest BCUT2D eigenvalue weighted by atomic mass is 16.5. The second-order valence-corrected chi connectivity index (χ2v) is 5.69. The number of aromatic nitrogens is 2. The van der Waals surface area contributed by atoms with Crippen LogP contribution in [0.15, 0.2) is 6.07 Å². The van der Waals surface area contributed by atoms with Gasteiger partial charge >= 0.3 is 12.0 Å². The summed E-state index contributed by atoms with van der Waals surface area (Å²) in [7, 11) is 3.88. The van der Waals surface area contributed by atoms with Gasteiger partial charge in [-0.25, -0.2) is 4.79 Å². The van der Waals surface area contributed by atoms with Gasteiger partial charge in [0.1, 0.15) is 11.9 Å². The van der Waals surface area contributed by atoms with Crippen LogP contribution in [0.1, 0.15) is 36.7 Å². The number of aromatic carboxylic acids is 1. The Hall–Kier alpha value is -1.89. The lowest BCUT2D eigenvalue weighted by molar-refractivity contribution is 0.0687. The molecule has 1 atom stereocenters. The van der Waals surface area contributed by atoms with Crippen molar-refractivity contribution in [1.82, 2.24) is 14.9 Å². The number of hydrogen-bond donors (Lipinski definition) is 2. The normalized spacial score (nSPS) is 16.4. The van der Waals surface area contributed by atoms with Gasteiger partial charge in [-0.3, -0.25) is 0 Å². The lowest BCUT2D eigenvalue weighted by Crippen LogP contribution is -2.30. The lowest BCUT2D eigenvalue weighted by atomic mass is 9.93. The number of carboxylic acids is 1. The fraction of sp³-hybridized carbons (Fsp3) is 0.643. The number of carbonyl (C=O) groups is 1. The standard InChI is InChI=1S/C14H22N4O3/c1-9(8-18(2)3)21-14-16-11(13(19)20)7-12(17-14)15-10-5-4-6-10/h7,9-10H,4-6,8H2,1-3H3,(H,19,20)(H,15,16,17). The molecule has 0 radical (unpaired) electrons. The van der Waals surface area contributed by atoms with Crippen LogP contribution in [0.4, 0.5) is 5.82 Å². The first kappa shape index (κ1) is 15.5. The maximum absolute atomic E-state index is 11.2. The summed E-state index contributed by atoms with van der Waals surface area (Å²) in [6, 6.07) is 1.92. The second-order valence-electron chi connectivity index (χ2n) is 5.69. The Morgan fingerprint density at radius 2 is 2.24 bits per heavy atom. The second kappa shape index (κ2) is 6.71. The highest BCUT2D eigenvalue weighted by Gasteiger charge is 2.20. The summed E-state index contributed by atoms with van der Waals surface area (Å²) in [4.78, 5) is 21.3. The molecule has 0 bridgehead atoms. The average molecular weight is 294 g/mol. The smallest absolute Gasteiger partial charge is 0.354 e. The molecule has 116 valence electrons. The van der Waals surface area contributed by atoms with Crippen LogP contribution in [0.25, 0.3) is 0 Å². The van der Waals surface area contributed by atoms with E-state index < -0.39 is 5.97 Å². The van der Waals surface area contributed by atoms with Crippen molar-refractivity contribution in [3.63, 3.8) is 0 Å². The molecule has 7 heteroatoms. The molecule has 21 heavy (non-hydrogen) atoms. The van der Waals surface area contributed by atoms with Crippen LogP contribution in [0.3, 0.4) is 0 Å². The molecule has 1 unspecified atom stereocenters. The van der Waals surface area contributed by atoms with Crippen molar-refractivity contribution < 1.29 is 14.6 Å². The van der Waals surface area contributed by atoms with Gasteiger partial charge in [-0.1, -0.05) is 0 Å². The first-order chi connectivity index (χ1) is 9.94. The summed E-state index contributed by atoms with van der Waals surface area (Å²) in [6.07, 6.45) is 3.23. The van der Waals surface area contributed by atoms with E-state index in [1.54, 1.807) is 0 Å². The first-order valence-corrected chi connectivity index (χ1v) is 7.14. The summed E-state index contributed by atoms with van der Waals surface area (Å²) in [5, 5.41) is 12.4. The SMILES string of the molecule is CC(CN(C)C)Oc1nc(NC2CCC2)cc(C(=O)O)n1. The molecule has 1 heterocycles. The van der Waals surface area contributed by atoms with Crippen LogP contribution in [-0.2, 0) is 0 Å². The third-order valence-corrected chi connectivity index (χ3v) is 3.31. The predicted octanol–water partition coefficient (Wildman–Crippen LogP) is 1.47. The zero-order valence-electron chi connectivity index (χ0n) is 12.7. The molecule has 0 saturated heterocycles. The van der Waals surface area contributed by atoms with Gasteiger partial charge in [-0.05, 0) is 40.3 Å². The third kappa shape index (κ3) is 4.56. The van der Waals surface area contributed by atoms with E-state index in [0.717, 1.165) is 12.8 Å². The van der Waals surface area contributed by atoms with Gasteiger partial charge < -0.3 is 20.1 Å². The fourth-order valence-corrected chi connectivity index (χ4v) is 2.15. The Morgan fingerprint density at radius 3 is 2.76 bits per heavy atom. The van der Waals surface area contributed by atoms with Crippen LogP contribution < -0.4 is 10.1 Å². The van der Waals surface area contributed by atoms with Gasteiger partial charge in [-0.15, -0.1) is 0 Å². The number of carboxylic acid groups (broad SMARTS) is 1. The summed E-state index contributed by atoms with van der Waals surface area (Å²) in [5.74, 6) is -0.571. The Kier molecular flexibility index (Phi) is 4.95. The molecule has 1 aromatic heterocycles. The van der Waals surface area contributed by atoms with Crippen molar-refractivity contribution >= 4 is 11.8 Å². The number of nitrogens with zero attached hydrogens (tertiary/aromatic N) is 3. The van der Waals surface area contributed by atoms with Crippen molar-refractivity contribution in [3.05, 3.63) is 11.8 Å². The fourth-order valence-electron chi connectivity index (χ4n) is 2.15. The minimum Gasteiger partial charge on any atom is -0.477 e. The number of anilines is 1. The Labute approximate surface area is 124 Å². The molecule has 0 amide bonds. The van der Waals surface area contributed by atoms with Crippen LogP contribution in [-0.4, -0.2) is 58.7 Å². The molecular weight excluding hydrogens is 272 g/mol. The molecule has 2 rings (SSSR count). The first-order valence-electron chi connectivity index (χ1n) is 7.14. The van der Waals surface area contributed by atoms with E-state index in [9.17, 15) is 4.79 Å². The topological polar surface area (TPSA) is 87.6 Å². The minimum absolute atomic E-state index is 0.0566. The number of hydrogen-bond acceptors (Lipinski definition) is 6.